The molecule has 0 aromatic rings. The normalized spacial score (nSPS) is 40.0. The second-order valence-corrected chi connectivity index (χ2v) is 5.81. The van der Waals surface area contributed by atoms with Gasteiger partial charge >= 0.3 is 7.12 Å². The van der Waals surface area contributed by atoms with Gasteiger partial charge in [-0.3, -0.25) is 0 Å². The summed E-state index contributed by atoms with van der Waals surface area (Å²) >= 11 is 0. The molecule has 3 aliphatic rings. The molecule has 0 aliphatic heterocycles. The quantitative estimate of drug-likeness (QED) is 0.709. The van der Waals surface area contributed by atoms with E-state index in [-0.39, 0.29) is 12.0 Å². The first-order chi connectivity index (χ1) is 7.46. The van der Waals surface area contributed by atoms with Crippen LogP contribution in [-0.4, -0.2) is 29.5 Å². The van der Waals surface area contributed by atoms with Crippen molar-refractivity contribution in [1.29, 1.82) is 0 Å². The van der Waals surface area contributed by atoms with Crippen LogP contribution in [0.4, 0.5) is 0 Å². The van der Waals surface area contributed by atoms with Gasteiger partial charge in [-0.25, -0.2) is 0 Å². The monoisotopic (exact) mass is 224 g/mol. The lowest BCUT2D eigenvalue weighted by atomic mass is 9.44. The molecule has 3 atom stereocenters. The first-order valence-electron chi connectivity index (χ1n) is 6.05. The molecule has 90 valence electrons. The molecule has 3 fully saturated rings. The van der Waals surface area contributed by atoms with Crippen molar-refractivity contribution in [2.24, 2.45) is 17.3 Å². The van der Waals surface area contributed by atoms with Crippen molar-refractivity contribution in [1.82, 2.24) is 0 Å². The van der Waals surface area contributed by atoms with Crippen LogP contribution in [0.25, 0.3) is 0 Å². The van der Waals surface area contributed by atoms with E-state index in [4.69, 9.17) is 4.65 Å². The first-order valence-corrected chi connectivity index (χ1v) is 6.05. The van der Waals surface area contributed by atoms with E-state index in [1.54, 1.807) is 0 Å². The average molecular weight is 224 g/mol. The summed E-state index contributed by atoms with van der Waals surface area (Å²) in [6.45, 7) is 7.96. The second kappa shape index (κ2) is 3.86. The van der Waals surface area contributed by atoms with E-state index in [0.717, 1.165) is 25.2 Å². The van der Waals surface area contributed by atoms with Crippen molar-refractivity contribution in [3.63, 3.8) is 0 Å². The van der Waals surface area contributed by atoms with Crippen molar-refractivity contribution in [2.75, 3.05) is 6.61 Å². The molecule has 2 N–H and O–H groups in total. The molecule has 0 amide bonds. The largest absolute Gasteiger partial charge is 0.483 e. The lowest BCUT2D eigenvalue weighted by Gasteiger charge is -2.64. The van der Waals surface area contributed by atoms with Crippen LogP contribution in [0.2, 0.25) is 0 Å². The minimum Gasteiger partial charge on any atom is -0.423 e. The van der Waals surface area contributed by atoms with Gasteiger partial charge in [0.05, 0.1) is 12.2 Å². The SMILES string of the molecule is C=CB(O)OC1(CO)CCC2CC1C2(C)C. The highest BCUT2D eigenvalue weighted by molar-refractivity contribution is 6.49. The van der Waals surface area contributed by atoms with Crippen molar-refractivity contribution >= 4 is 7.12 Å². The zero-order valence-corrected chi connectivity index (χ0v) is 10.1. The van der Waals surface area contributed by atoms with Crippen LogP contribution in [-0.2, 0) is 4.65 Å². The molecule has 0 aromatic heterocycles. The number of fused-ring (bicyclic) bond motifs is 2. The molecule has 4 heteroatoms. The van der Waals surface area contributed by atoms with Crippen LogP contribution >= 0.6 is 0 Å². The Labute approximate surface area is 97.6 Å². The van der Waals surface area contributed by atoms with Crippen LogP contribution in [0.5, 0.6) is 0 Å². The molecule has 0 radical (unpaired) electrons. The van der Waals surface area contributed by atoms with Gasteiger partial charge in [0.25, 0.3) is 0 Å². The smallest absolute Gasteiger partial charge is 0.423 e. The van der Waals surface area contributed by atoms with E-state index in [2.05, 4.69) is 20.4 Å². The molecule has 3 aliphatic carbocycles. The Morgan fingerprint density at radius 1 is 1.56 bits per heavy atom. The van der Waals surface area contributed by atoms with Gasteiger partial charge < -0.3 is 14.8 Å². The highest BCUT2D eigenvalue weighted by atomic mass is 16.5. The van der Waals surface area contributed by atoms with Gasteiger partial charge in [-0.2, -0.15) is 0 Å². The topological polar surface area (TPSA) is 49.7 Å². The Morgan fingerprint density at radius 2 is 2.25 bits per heavy atom. The zero-order valence-electron chi connectivity index (χ0n) is 10.1. The fourth-order valence-electron chi connectivity index (χ4n) is 3.65. The number of hydrogen-bond acceptors (Lipinski definition) is 3. The highest BCUT2D eigenvalue weighted by Gasteiger charge is 2.61. The summed E-state index contributed by atoms with van der Waals surface area (Å²) in [4.78, 5) is 0. The van der Waals surface area contributed by atoms with E-state index in [0.29, 0.717) is 5.92 Å². The number of hydrogen-bond donors (Lipinski definition) is 2. The van der Waals surface area contributed by atoms with E-state index < -0.39 is 12.7 Å². The third-order valence-corrected chi connectivity index (χ3v) is 4.85. The van der Waals surface area contributed by atoms with Crippen LogP contribution in [0.1, 0.15) is 33.1 Å². The van der Waals surface area contributed by atoms with Gasteiger partial charge in [0.2, 0.25) is 0 Å². The lowest BCUT2D eigenvalue weighted by Crippen LogP contribution is -2.65. The molecule has 16 heavy (non-hydrogen) atoms. The van der Waals surface area contributed by atoms with Crippen LogP contribution in [0.3, 0.4) is 0 Å². The zero-order chi connectivity index (χ0) is 12.0. The van der Waals surface area contributed by atoms with Crippen LogP contribution in [0.15, 0.2) is 12.6 Å². The van der Waals surface area contributed by atoms with E-state index in [1.807, 2.05) is 0 Å². The van der Waals surface area contributed by atoms with Gasteiger partial charge in [-0.15, -0.1) is 6.58 Å². The maximum atomic E-state index is 9.64. The van der Waals surface area contributed by atoms with Crippen LogP contribution < -0.4 is 0 Å². The third kappa shape index (κ3) is 1.55. The Hall–Kier alpha value is -0.315. The van der Waals surface area contributed by atoms with Gasteiger partial charge in [-0.05, 0) is 36.5 Å². The third-order valence-electron chi connectivity index (χ3n) is 4.85. The maximum absolute atomic E-state index is 9.64. The van der Waals surface area contributed by atoms with Crippen LogP contribution in [0, 0.1) is 17.3 Å². The molecule has 3 saturated carbocycles. The molecule has 3 unspecified atom stereocenters. The Bertz CT molecular complexity index is 290. The molecule has 0 spiro atoms. The van der Waals surface area contributed by atoms with E-state index in [1.165, 1.54) is 5.98 Å². The summed E-state index contributed by atoms with van der Waals surface area (Å²) < 4.78 is 5.65. The molecule has 2 bridgehead atoms. The molecule has 3 nitrogen and oxygen atoms in total. The summed E-state index contributed by atoms with van der Waals surface area (Å²) in [6, 6.07) is 0. The predicted octanol–water partition coefficient (Wildman–Crippen LogP) is 1.40. The summed E-state index contributed by atoms with van der Waals surface area (Å²) in [5.74, 6) is 2.47. The fraction of sp³-hybridized carbons (Fsp3) is 0.833. The van der Waals surface area contributed by atoms with E-state index in [9.17, 15) is 10.1 Å². The fourth-order valence-corrected chi connectivity index (χ4v) is 3.65. The summed E-state index contributed by atoms with van der Waals surface area (Å²) in [7, 11) is -0.972. The highest BCUT2D eigenvalue weighted by Crippen LogP contribution is 2.63. The molecule has 0 heterocycles. The Balaban J connectivity index is 2.17. The van der Waals surface area contributed by atoms with Gasteiger partial charge in [-0.1, -0.05) is 19.8 Å². The molecular weight excluding hydrogens is 203 g/mol. The minimum atomic E-state index is -0.972. The minimum absolute atomic E-state index is 0.0152. The number of aliphatic hydroxyl groups is 1. The second-order valence-electron chi connectivity index (χ2n) is 5.81. The maximum Gasteiger partial charge on any atom is 0.483 e. The lowest BCUT2D eigenvalue weighted by molar-refractivity contribution is -0.208. The molecule has 0 saturated heterocycles. The Kier molecular flexibility index (Phi) is 2.93. The van der Waals surface area contributed by atoms with Gasteiger partial charge in [0.1, 0.15) is 0 Å². The van der Waals surface area contributed by atoms with Crippen molar-refractivity contribution in [3.8, 4) is 0 Å². The van der Waals surface area contributed by atoms with Crippen molar-refractivity contribution in [3.05, 3.63) is 12.6 Å². The Morgan fingerprint density at radius 3 is 2.69 bits per heavy atom. The van der Waals surface area contributed by atoms with Gasteiger partial charge in [0, 0.05) is 0 Å². The van der Waals surface area contributed by atoms with Gasteiger partial charge in [0.15, 0.2) is 0 Å². The standard InChI is InChI=1S/C12H21BO3/c1-4-13(15)16-12(8-14)6-5-9-7-10(12)11(9,2)3/h4,9-10,14-15H,1,5-8H2,2-3H3. The summed E-state index contributed by atoms with van der Waals surface area (Å²) in [5.41, 5.74) is -0.340. The summed E-state index contributed by atoms with van der Waals surface area (Å²) in [6.07, 6.45) is 3.03. The van der Waals surface area contributed by atoms with Crippen molar-refractivity contribution in [2.45, 2.75) is 38.7 Å². The first kappa shape index (κ1) is 12.2. The molecular formula is C12H21BO3. The summed E-state index contributed by atoms with van der Waals surface area (Å²) in [5, 5.41) is 19.2. The number of aliphatic hydroxyl groups excluding tert-OH is 1. The predicted molar refractivity (Wildman–Crippen MR) is 63.7 cm³/mol. The average Bonchev–Trinajstić information content (AvgIpc) is 2.28. The van der Waals surface area contributed by atoms with E-state index >= 15 is 0 Å². The van der Waals surface area contributed by atoms with Crippen molar-refractivity contribution < 1.29 is 14.8 Å². The molecule has 3 rings (SSSR count). The molecule has 0 aromatic carbocycles. The number of rotatable bonds is 4.